The van der Waals surface area contributed by atoms with Crippen LogP contribution in [0.2, 0.25) is 0 Å². The van der Waals surface area contributed by atoms with Crippen LogP contribution in [0.1, 0.15) is 68.4 Å². The predicted octanol–water partition coefficient (Wildman–Crippen LogP) is 3.26. The van der Waals surface area contributed by atoms with E-state index in [2.05, 4.69) is 33.0 Å². The van der Waals surface area contributed by atoms with Gasteiger partial charge in [0, 0.05) is 25.7 Å². The second-order valence-electron chi connectivity index (χ2n) is 8.17. The first-order chi connectivity index (χ1) is 11.6. The number of methoxy groups -OCH3 is 1. The van der Waals surface area contributed by atoms with Crippen LogP contribution in [0, 0.1) is 0 Å². The fourth-order valence-electron chi connectivity index (χ4n) is 3.46. The van der Waals surface area contributed by atoms with Crippen molar-refractivity contribution in [2.45, 2.75) is 63.8 Å². The number of carbonyl (C=O) groups excluding carboxylic acids is 1. The topological polar surface area (TPSA) is 75.6 Å². The van der Waals surface area contributed by atoms with Gasteiger partial charge in [0.25, 0.3) is 5.91 Å². The molecule has 0 aliphatic heterocycles. The molecule has 2 rings (SSSR count). The second-order valence-corrected chi connectivity index (χ2v) is 8.17. The Bertz CT molecular complexity index is 664. The Labute approximate surface area is 149 Å². The second kappa shape index (κ2) is 7.16. The standard InChI is InChI=1S/C20H29NO4/c1-19(2)9-10-20(3,4)15-12-13(6-7-14(15)19)17(22)21-16(18(23)24)8-11-25-5/h6-7,12,16H,8-11H2,1-5H3,(H,21,22)(H,23,24). The zero-order chi connectivity index (χ0) is 18.8. The van der Waals surface area contributed by atoms with Gasteiger partial charge in [0.05, 0.1) is 0 Å². The third-order valence-corrected chi connectivity index (χ3v) is 5.33. The number of aliphatic carboxylic acids is 1. The van der Waals surface area contributed by atoms with Gasteiger partial charge in [-0.15, -0.1) is 0 Å². The Morgan fingerprint density at radius 1 is 1.16 bits per heavy atom. The Morgan fingerprint density at radius 2 is 1.76 bits per heavy atom. The van der Waals surface area contributed by atoms with E-state index in [4.69, 9.17) is 4.74 Å². The maximum Gasteiger partial charge on any atom is 0.326 e. The summed E-state index contributed by atoms with van der Waals surface area (Å²) < 4.78 is 4.92. The van der Waals surface area contributed by atoms with Crippen LogP contribution in [0.5, 0.6) is 0 Å². The van der Waals surface area contributed by atoms with Gasteiger partial charge in [-0.2, -0.15) is 0 Å². The molecule has 0 saturated heterocycles. The molecule has 2 N–H and O–H groups in total. The van der Waals surface area contributed by atoms with Crippen LogP contribution in [-0.2, 0) is 20.4 Å². The van der Waals surface area contributed by atoms with E-state index in [-0.39, 0.29) is 29.8 Å². The number of carboxylic acids is 1. The van der Waals surface area contributed by atoms with Crippen molar-refractivity contribution in [2.24, 2.45) is 0 Å². The molecule has 1 unspecified atom stereocenters. The summed E-state index contributed by atoms with van der Waals surface area (Å²) in [4.78, 5) is 23.9. The van der Waals surface area contributed by atoms with Gasteiger partial charge < -0.3 is 15.2 Å². The Balaban J connectivity index is 2.29. The number of rotatable bonds is 6. The summed E-state index contributed by atoms with van der Waals surface area (Å²) in [5, 5.41) is 11.9. The number of fused-ring (bicyclic) bond motifs is 1. The molecule has 5 heteroatoms. The number of ether oxygens (including phenoxy) is 1. The smallest absolute Gasteiger partial charge is 0.326 e. The molecule has 0 saturated carbocycles. The van der Waals surface area contributed by atoms with E-state index >= 15 is 0 Å². The lowest BCUT2D eigenvalue weighted by molar-refractivity contribution is -0.139. The molecule has 5 nitrogen and oxygen atoms in total. The number of hydrogen-bond donors (Lipinski definition) is 2. The average Bonchev–Trinajstić information content (AvgIpc) is 2.55. The maximum absolute atomic E-state index is 12.6. The van der Waals surface area contributed by atoms with Crippen LogP contribution in [0.3, 0.4) is 0 Å². The van der Waals surface area contributed by atoms with Gasteiger partial charge in [0.1, 0.15) is 6.04 Å². The summed E-state index contributed by atoms with van der Waals surface area (Å²) in [6.45, 7) is 9.13. The molecule has 0 spiro atoms. The first kappa shape index (κ1) is 19.4. The van der Waals surface area contributed by atoms with Crippen molar-refractivity contribution >= 4 is 11.9 Å². The highest BCUT2D eigenvalue weighted by Crippen LogP contribution is 2.45. The van der Waals surface area contributed by atoms with Crippen molar-refractivity contribution in [2.75, 3.05) is 13.7 Å². The molecule has 1 aromatic carbocycles. The van der Waals surface area contributed by atoms with Gasteiger partial charge >= 0.3 is 5.97 Å². The maximum atomic E-state index is 12.6. The van der Waals surface area contributed by atoms with E-state index in [0.717, 1.165) is 12.8 Å². The predicted molar refractivity (Wildman–Crippen MR) is 97.1 cm³/mol. The number of amides is 1. The van der Waals surface area contributed by atoms with Crippen molar-refractivity contribution in [1.82, 2.24) is 5.32 Å². The van der Waals surface area contributed by atoms with E-state index in [1.54, 1.807) is 6.07 Å². The minimum absolute atomic E-state index is 0.00337. The molecule has 0 heterocycles. The largest absolute Gasteiger partial charge is 0.480 e. The molecule has 0 radical (unpaired) electrons. The van der Waals surface area contributed by atoms with Gasteiger partial charge in [-0.1, -0.05) is 33.8 Å². The summed E-state index contributed by atoms with van der Waals surface area (Å²) in [7, 11) is 1.51. The number of nitrogens with one attached hydrogen (secondary N) is 1. The van der Waals surface area contributed by atoms with Gasteiger partial charge in [0.15, 0.2) is 0 Å². The molecule has 25 heavy (non-hydrogen) atoms. The first-order valence-electron chi connectivity index (χ1n) is 8.76. The van der Waals surface area contributed by atoms with Crippen LogP contribution in [0.25, 0.3) is 0 Å². The van der Waals surface area contributed by atoms with Crippen molar-refractivity contribution in [3.8, 4) is 0 Å². The Hall–Kier alpha value is -1.88. The van der Waals surface area contributed by atoms with Gasteiger partial charge in [-0.25, -0.2) is 4.79 Å². The molecule has 1 aliphatic carbocycles. The normalized spacial score (nSPS) is 18.9. The van der Waals surface area contributed by atoms with Crippen molar-refractivity contribution in [3.05, 3.63) is 34.9 Å². The zero-order valence-electron chi connectivity index (χ0n) is 15.8. The molecule has 0 fully saturated rings. The molecule has 1 aromatic rings. The lowest BCUT2D eigenvalue weighted by Crippen LogP contribution is -2.42. The lowest BCUT2D eigenvalue weighted by atomic mass is 9.63. The highest BCUT2D eigenvalue weighted by Gasteiger charge is 2.37. The van der Waals surface area contributed by atoms with Crippen molar-refractivity contribution in [1.29, 1.82) is 0 Å². The van der Waals surface area contributed by atoms with Gasteiger partial charge in [0.2, 0.25) is 0 Å². The van der Waals surface area contributed by atoms with Gasteiger partial charge in [-0.05, 0) is 46.9 Å². The molecule has 1 atom stereocenters. The third kappa shape index (κ3) is 4.21. The third-order valence-electron chi connectivity index (χ3n) is 5.33. The first-order valence-corrected chi connectivity index (χ1v) is 8.76. The van der Waals surface area contributed by atoms with Crippen LogP contribution >= 0.6 is 0 Å². The van der Waals surface area contributed by atoms with Crippen LogP contribution in [0.15, 0.2) is 18.2 Å². The summed E-state index contributed by atoms with van der Waals surface area (Å²) in [6, 6.07) is 4.80. The highest BCUT2D eigenvalue weighted by molar-refractivity contribution is 5.97. The lowest BCUT2D eigenvalue weighted by Gasteiger charge is -2.42. The average molecular weight is 347 g/mol. The van der Waals surface area contributed by atoms with Crippen LogP contribution in [-0.4, -0.2) is 36.7 Å². The van der Waals surface area contributed by atoms with E-state index in [0.29, 0.717) is 5.56 Å². The molecule has 0 bridgehead atoms. The summed E-state index contributed by atoms with van der Waals surface area (Å²) in [5.74, 6) is -1.41. The highest BCUT2D eigenvalue weighted by atomic mass is 16.5. The molecule has 1 aliphatic rings. The van der Waals surface area contributed by atoms with Crippen molar-refractivity contribution in [3.63, 3.8) is 0 Å². The fourth-order valence-corrected chi connectivity index (χ4v) is 3.46. The van der Waals surface area contributed by atoms with Crippen molar-refractivity contribution < 1.29 is 19.4 Å². The molecular formula is C20H29NO4. The monoisotopic (exact) mass is 347 g/mol. The number of carbonyl (C=O) groups is 2. The van der Waals surface area contributed by atoms with Gasteiger partial charge in [-0.3, -0.25) is 4.79 Å². The quantitative estimate of drug-likeness (QED) is 0.828. The number of benzene rings is 1. The minimum atomic E-state index is -1.05. The van der Waals surface area contributed by atoms with E-state index in [1.807, 2.05) is 12.1 Å². The fraction of sp³-hybridized carbons (Fsp3) is 0.600. The summed E-state index contributed by atoms with van der Waals surface area (Å²) >= 11 is 0. The Kier molecular flexibility index (Phi) is 5.57. The minimum Gasteiger partial charge on any atom is -0.480 e. The van der Waals surface area contributed by atoms with E-state index in [9.17, 15) is 14.7 Å². The summed E-state index contributed by atoms with van der Waals surface area (Å²) in [6.07, 6.45) is 2.40. The number of hydrogen-bond acceptors (Lipinski definition) is 3. The van der Waals surface area contributed by atoms with E-state index < -0.39 is 12.0 Å². The zero-order valence-corrected chi connectivity index (χ0v) is 15.8. The molecule has 0 aromatic heterocycles. The molecule has 138 valence electrons. The Morgan fingerprint density at radius 3 is 2.32 bits per heavy atom. The van der Waals surface area contributed by atoms with E-state index in [1.165, 1.54) is 18.2 Å². The SMILES string of the molecule is COCCC(NC(=O)c1ccc2c(c1)C(C)(C)CCC2(C)C)C(=O)O. The number of carboxylic acid groups (broad SMARTS) is 1. The summed E-state index contributed by atoms with van der Waals surface area (Å²) in [5.41, 5.74) is 3.05. The molecular weight excluding hydrogens is 318 g/mol. The van der Waals surface area contributed by atoms with Crippen LogP contribution < -0.4 is 5.32 Å². The van der Waals surface area contributed by atoms with Crippen LogP contribution in [0.4, 0.5) is 0 Å². The molecule has 1 amide bonds.